The van der Waals surface area contributed by atoms with Gasteiger partial charge in [0, 0.05) is 4.88 Å². The fourth-order valence-corrected chi connectivity index (χ4v) is 5.25. The number of aryl methyl sites for hydroxylation is 1. The van der Waals surface area contributed by atoms with Gasteiger partial charge in [0.1, 0.15) is 16.7 Å². The van der Waals surface area contributed by atoms with Gasteiger partial charge in [0.25, 0.3) is 5.56 Å². The summed E-state index contributed by atoms with van der Waals surface area (Å²) in [5, 5.41) is 0.715. The molecule has 2 aromatic heterocycles. The van der Waals surface area contributed by atoms with Crippen LogP contribution in [0.15, 0.2) is 4.79 Å². The highest BCUT2D eigenvalue weighted by molar-refractivity contribution is 7.18. The maximum Gasteiger partial charge on any atom is 0.329 e. The maximum atomic E-state index is 13.6. The van der Waals surface area contributed by atoms with Crippen LogP contribution in [0.4, 0.5) is 0 Å². The number of carbonyl (C=O) groups excluding carboxylic acids is 1. The molecule has 0 N–H and O–H groups in total. The number of ether oxygens (including phenoxy) is 1. The molecule has 0 saturated heterocycles. The second kappa shape index (κ2) is 8.10. The van der Waals surface area contributed by atoms with Gasteiger partial charge in [-0.25, -0.2) is 9.78 Å². The van der Waals surface area contributed by atoms with Crippen LogP contribution >= 0.6 is 11.3 Å². The molecule has 148 valence electrons. The van der Waals surface area contributed by atoms with Crippen molar-refractivity contribution in [3.63, 3.8) is 0 Å². The fraction of sp³-hybridized carbons (Fsp3) is 0.650. The lowest BCUT2D eigenvalue weighted by Gasteiger charge is -2.22. The molecule has 0 saturated carbocycles. The Kier molecular flexibility index (Phi) is 6.01. The number of fused-ring (bicyclic) bond motifs is 3. The van der Waals surface area contributed by atoms with Crippen molar-refractivity contribution in [2.75, 3.05) is 20.7 Å². The summed E-state index contributed by atoms with van der Waals surface area (Å²) in [7, 11) is 3.88. The summed E-state index contributed by atoms with van der Waals surface area (Å²) in [6.45, 7) is 6.74. The molecule has 1 aliphatic carbocycles. The van der Waals surface area contributed by atoms with Crippen molar-refractivity contribution in [3.05, 3.63) is 26.6 Å². The smallest absolute Gasteiger partial charge is 0.329 e. The molecule has 0 bridgehead atoms. The average molecular weight is 392 g/mol. The highest BCUT2D eigenvalue weighted by Gasteiger charge is 2.29. The number of esters is 1. The summed E-state index contributed by atoms with van der Waals surface area (Å²) in [5.74, 6) is 0.905. The summed E-state index contributed by atoms with van der Waals surface area (Å²) < 4.78 is 6.84. The van der Waals surface area contributed by atoms with Gasteiger partial charge in [-0.05, 0) is 58.2 Å². The summed E-state index contributed by atoms with van der Waals surface area (Å²) in [6, 6.07) is -0.637. The molecule has 0 radical (unpaired) electrons. The highest BCUT2D eigenvalue weighted by Crippen LogP contribution is 2.36. The summed E-state index contributed by atoms with van der Waals surface area (Å²) in [5.41, 5.74) is 1.05. The summed E-state index contributed by atoms with van der Waals surface area (Å²) in [4.78, 5) is 35.0. The van der Waals surface area contributed by atoms with E-state index in [4.69, 9.17) is 9.72 Å². The standard InChI is InChI=1S/C20H29N3O3S/c1-6-14(20(25)26-7-2)23-16(11-22(4)5)21-18-17(19(23)24)13-9-8-12(3)10-15(13)27-18/h12,14H,6-11H2,1-5H3. The Bertz CT molecular complexity index is 900. The molecule has 6 nitrogen and oxygen atoms in total. The van der Waals surface area contributed by atoms with E-state index in [-0.39, 0.29) is 11.5 Å². The number of nitrogens with zero attached hydrogens (tertiary/aromatic N) is 3. The predicted octanol–water partition coefficient (Wildman–Crippen LogP) is 3.16. The van der Waals surface area contributed by atoms with Gasteiger partial charge in [0.2, 0.25) is 0 Å². The Morgan fingerprint density at radius 2 is 2.15 bits per heavy atom. The minimum Gasteiger partial charge on any atom is -0.464 e. The molecule has 0 spiro atoms. The zero-order valence-corrected chi connectivity index (χ0v) is 17.7. The van der Waals surface area contributed by atoms with Crippen molar-refractivity contribution < 1.29 is 9.53 Å². The van der Waals surface area contributed by atoms with E-state index in [9.17, 15) is 9.59 Å². The number of carbonyl (C=O) groups is 1. The molecule has 1 aliphatic rings. The number of thiophene rings is 1. The molecule has 0 aromatic carbocycles. The van der Waals surface area contributed by atoms with Gasteiger partial charge < -0.3 is 9.64 Å². The monoisotopic (exact) mass is 391 g/mol. The van der Waals surface area contributed by atoms with E-state index >= 15 is 0 Å². The SMILES string of the molecule is CCOC(=O)C(CC)n1c(CN(C)C)nc2sc3c(c2c1=O)CCC(C)C3. The van der Waals surface area contributed by atoms with Gasteiger partial charge in [-0.1, -0.05) is 13.8 Å². The van der Waals surface area contributed by atoms with Crippen LogP contribution in [-0.2, 0) is 28.9 Å². The molecule has 2 atom stereocenters. The number of aromatic nitrogens is 2. The van der Waals surface area contributed by atoms with E-state index < -0.39 is 6.04 Å². The third-order valence-corrected chi connectivity index (χ3v) is 6.30. The van der Waals surface area contributed by atoms with Crippen molar-refractivity contribution >= 4 is 27.5 Å². The van der Waals surface area contributed by atoms with Crippen molar-refractivity contribution in [1.82, 2.24) is 14.5 Å². The van der Waals surface area contributed by atoms with E-state index in [1.54, 1.807) is 22.8 Å². The molecule has 0 amide bonds. The van der Waals surface area contributed by atoms with Crippen LogP contribution in [0.2, 0.25) is 0 Å². The Morgan fingerprint density at radius 3 is 2.78 bits per heavy atom. The van der Waals surface area contributed by atoms with Gasteiger partial charge in [-0.15, -0.1) is 11.3 Å². The average Bonchev–Trinajstić information content (AvgIpc) is 2.95. The molecule has 0 aliphatic heterocycles. The van der Waals surface area contributed by atoms with Crippen molar-refractivity contribution in [2.45, 2.75) is 59.0 Å². The van der Waals surface area contributed by atoms with Crippen molar-refractivity contribution in [2.24, 2.45) is 5.92 Å². The minimum absolute atomic E-state index is 0.0937. The van der Waals surface area contributed by atoms with Crippen LogP contribution < -0.4 is 5.56 Å². The molecule has 2 unspecified atom stereocenters. The molecule has 7 heteroatoms. The molecule has 2 aromatic rings. The van der Waals surface area contributed by atoms with E-state index in [0.29, 0.717) is 36.7 Å². The predicted molar refractivity (Wildman–Crippen MR) is 108 cm³/mol. The zero-order chi connectivity index (χ0) is 19.7. The van der Waals surface area contributed by atoms with Crippen LogP contribution in [0.25, 0.3) is 10.2 Å². The lowest BCUT2D eigenvalue weighted by Crippen LogP contribution is -2.35. The number of hydrogen-bond acceptors (Lipinski definition) is 6. The van der Waals surface area contributed by atoms with Crippen LogP contribution in [0, 0.1) is 5.92 Å². The Hall–Kier alpha value is -1.73. The van der Waals surface area contributed by atoms with Gasteiger partial charge in [-0.3, -0.25) is 9.36 Å². The molecular formula is C20H29N3O3S. The van der Waals surface area contributed by atoms with Crippen LogP contribution in [-0.4, -0.2) is 41.1 Å². The van der Waals surface area contributed by atoms with Crippen LogP contribution in [0.3, 0.4) is 0 Å². The van der Waals surface area contributed by atoms with E-state index in [0.717, 1.165) is 29.7 Å². The van der Waals surface area contributed by atoms with Gasteiger partial charge in [0.15, 0.2) is 0 Å². The Balaban J connectivity index is 2.24. The molecule has 0 fully saturated rings. The van der Waals surface area contributed by atoms with E-state index in [1.807, 2.05) is 25.9 Å². The molecule has 2 heterocycles. The summed E-state index contributed by atoms with van der Waals surface area (Å²) in [6.07, 6.45) is 3.51. The normalized spacial score (nSPS) is 17.9. The minimum atomic E-state index is -0.637. The summed E-state index contributed by atoms with van der Waals surface area (Å²) >= 11 is 1.65. The topological polar surface area (TPSA) is 64.4 Å². The second-order valence-electron chi connectivity index (χ2n) is 7.65. The maximum absolute atomic E-state index is 13.6. The largest absolute Gasteiger partial charge is 0.464 e. The van der Waals surface area contributed by atoms with E-state index in [2.05, 4.69) is 6.92 Å². The number of hydrogen-bond donors (Lipinski definition) is 0. The second-order valence-corrected chi connectivity index (χ2v) is 8.73. The molecule has 27 heavy (non-hydrogen) atoms. The zero-order valence-electron chi connectivity index (χ0n) is 16.9. The third-order valence-electron chi connectivity index (χ3n) is 5.15. The first kappa shape index (κ1) is 20.0. The van der Waals surface area contributed by atoms with Gasteiger partial charge in [0.05, 0.1) is 18.5 Å². The first-order chi connectivity index (χ1) is 12.9. The van der Waals surface area contributed by atoms with Crippen LogP contribution in [0.1, 0.15) is 55.9 Å². The number of rotatable bonds is 6. The highest BCUT2D eigenvalue weighted by atomic mass is 32.1. The quantitative estimate of drug-likeness (QED) is 0.708. The van der Waals surface area contributed by atoms with Gasteiger partial charge >= 0.3 is 5.97 Å². The van der Waals surface area contributed by atoms with Crippen molar-refractivity contribution in [1.29, 1.82) is 0 Å². The lowest BCUT2D eigenvalue weighted by molar-refractivity contribution is -0.147. The first-order valence-electron chi connectivity index (χ1n) is 9.74. The molecular weight excluding hydrogens is 362 g/mol. The van der Waals surface area contributed by atoms with Crippen molar-refractivity contribution in [3.8, 4) is 0 Å². The third kappa shape index (κ3) is 3.80. The Labute approximate surface area is 164 Å². The first-order valence-corrected chi connectivity index (χ1v) is 10.6. The van der Waals surface area contributed by atoms with E-state index in [1.165, 1.54) is 4.88 Å². The lowest BCUT2D eigenvalue weighted by atomic mass is 9.89. The fourth-order valence-electron chi connectivity index (χ4n) is 3.85. The Morgan fingerprint density at radius 1 is 1.41 bits per heavy atom. The van der Waals surface area contributed by atoms with Crippen LogP contribution in [0.5, 0.6) is 0 Å². The molecule has 3 rings (SSSR count). The van der Waals surface area contributed by atoms with Gasteiger partial charge in [-0.2, -0.15) is 0 Å².